The van der Waals surface area contributed by atoms with E-state index in [1.165, 1.54) is 48.5 Å². The third-order valence-corrected chi connectivity index (χ3v) is 12.7. The van der Waals surface area contributed by atoms with E-state index in [4.69, 9.17) is 4.99 Å². The van der Waals surface area contributed by atoms with Crippen LogP contribution in [0.4, 0.5) is 52.7 Å². The molecule has 0 N–H and O–H groups in total. The van der Waals surface area contributed by atoms with Crippen LogP contribution < -0.4 is 0 Å². The maximum Gasteiger partial charge on any atom is 0.416 e. The summed E-state index contributed by atoms with van der Waals surface area (Å²) in [6.07, 6.45) is -14.0. The van der Waals surface area contributed by atoms with E-state index < -0.39 is 47.0 Å². The molecule has 0 bridgehead atoms. The summed E-state index contributed by atoms with van der Waals surface area (Å²) < 4.78 is 165. The van der Waals surface area contributed by atoms with Gasteiger partial charge in [0.15, 0.2) is 0 Å². The van der Waals surface area contributed by atoms with Crippen molar-refractivity contribution in [1.29, 1.82) is 10.5 Å². The van der Waals surface area contributed by atoms with Crippen LogP contribution in [0.15, 0.2) is 154 Å². The largest absolute Gasteiger partial charge is 0.416 e. The summed E-state index contributed by atoms with van der Waals surface area (Å²) in [6.45, 7) is 1.87. The Labute approximate surface area is 397 Å². The standard InChI is InChI=1S/C55H32F12N4/c1-29-5-22-39-45-25-41(31-8-16-35(17-9-31)53(59,60)61)43(33-12-20-37(21-13-33)55(65,66)67)27-47(45)50(70-28-69)51(39)71-49-46-26-42(32-10-18-36(19-11-32)54(62,63)64)40(30-6-14-34(15-7-30)52(56,57)58)24-44(46)38(48(29)49)4-2-3-23-68/h4,6-21,24-27H,2-3,5,22H2,1H3/b38-4+,48-29+,70-50+,71-49-. The lowest BCUT2D eigenvalue weighted by Gasteiger charge is -2.17. The van der Waals surface area contributed by atoms with E-state index >= 15 is 0 Å². The number of benzene rings is 6. The van der Waals surface area contributed by atoms with Gasteiger partial charge < -0.3 is 0 Å². The number of alkyl halides is 12. The number of aliphatic imine (C=N–C) groups is 2. The van der Waals surface area contributed by atoms with Crippen molar-refractivity contribution in [2.45, 2.75) is 57.3 Å². The third kappa shape index (κ3) is 9.06. The van der Waals surface area contributed by atoms with Crippen molar-refractivity contribution in [2.75, 3.05) is 0 Å². The third-order valence-electron chi connectivity index (χ3n) is 12.7. The zero-order valence-electron chi connectivity index (χ0n) is 36.8. The van der Waals surface area contributed by atoms with Crippen molar-refractivity contribution in [3.8, 4) is 56.8 Å². The lowest BCUT2D eigenvalue weighted by molar-refractivity contribution is -0.138. The van der Waals surface area contributed by atoms with Gasteiger partial charge in [-0.3, -0.25) is 0 Å². The molecule has 71 heavy (non-hydrogen) atoms. The fraction of sp³-hybridized carbons (Fsp3) is 0.164. The maximum absolute atomic E-state index is 13.8. The second kappa shape index (κ2) is 17.8. The minimum atomic E-state index is -4.68. The first-order valence-electron chi connectivity index (χ1n) is 21.7. The Bertz CT molecular complexity index is 3380. The van der Waals surface area contributed by atoms with Gasteiger partial charge in [0.1, 0.15) is 5.71 Å². The molecule has 9 rings (SSSR count). The second-order valence-electron chi connectivity index (χ2n) is 17.0. The summed E-state index contributed by atoms with van der Waals surface area (Å²) in [5, 5.41) is 19.7. The van der Waals surface area contributed by atoms with Gasteiger partial charge in [0.05, 0.1) is 39.7 Å². The predicted molar refractivity (Wildman–Crippen MR) is 245 cm³/mol. The monoisotopic (exact) mass is 976 g/mol. The van der Waals surface area contributed by atoms with E-state index in [1.54, 1.807) is 24.3 Å². The predicted octanol–water partition coefficient (Wildman–Crippen LogP) is 16.7. The van der Waals surface area contributed by atoms with Crippen LogP contribution in [-0.2, 0) is 24.7 Å². The molecule has 4 nitrogen and oxygen atoms in total. The van der Waals surface area contributed by atoms with Crippen LogP contribution in [0.25, 0.3) is 55.7 Å². The summed E-state index contributed by atoms with van der Waals surface area (Å²) >= 11 is 0. The van der Waals surface area contributed by atoms with E-state index in [9.17, 15) is 63.2 Å². The van der Waals surface area contributed by atoms with Crippen LogP contribution in [0.2, 0.25) is 0 Å². The smallest absolute Gasteiger partial charge is 0.245 e. The average Bonchev–Trinajstić information content (AvgIpc) is 3.77. The topological polar surface area (TPSA) is 72.3 Å². The van der Waals surface area contributed by atoms with Gasteiger partial charge in [-0.05, 0) is 166 Å². The molecule has 0 radical (unpaired) electrons. The molecule has 0 fully saturated rings. The van der Waals surface area contributed by atoms with Gasteiger partial charge in [0.25, 0.3) is 0 Å². The number of nitriles is 2. The summed E-state index contributed by atoms with van der Waals surface area (Å²) in [5.41, 5.74) is 4.06. The fourth-order valence-electron chi connectivity index (χ4n) is 9.30. The zero-order chi connectivity index (χ0) is 50.8. The Morgan fingerprint density at radius 2 is 0.887 bits per heavy atom. The highest BCUT2D eigenvalue weighted by molar-refractivity contribution is 6.33. The summed E-state index contributed by atoms with van der Waals surface area (Å²) in [4.78, 5) is 9.50. The zero-order valence-corrected chi connectivity index (χ0v) is 36.8. The molecule has 0 spiro atoms. The SMILES string of the molecule is C/C1=C2C(=N/C3=C(CC1)c1cc(-c4ccc(C(F)(F)F)cc4)c(-c4ccc(C(F)(F)F)cc4)cc1/C3=N\C#N)\c1cc(-c3ccc(C(F)(F)F)cc3)c(-c3ccc(C(F)(F)F)cc3)cc1C\2=C/CCC#N. The Hall–Kier alpha value is -7.98. The Balaban J connectivity index is 1.29. The van der Waals surface area contributed by atoms with E-state index in [1.807, 2.05) is 19.2 Å². The molecular formula is C55H32F12N4. The van der Waals surface area contributed by atoms with Crippen LogP contribution >= 0.6 is 0 Å². The molecular weight excluding hydrogens is 945 g/mol. The molecule has 0 amide bonds. The molecule has 0 atom stereocenters. The van der Waals surface area contributed by atoms with Crippen molar-refractivity contribution < 1.29 is 52.7 Å². The second-order valence-corrected chi connectivity index (χ2v) is 17.0. The number of halogens is 12. The van der Waals surface area contributed by atoms with Gasteiger partial charge >= 0.3 is 24.7 Å². The maximum atomic E-state index is 13.8. The lowest BCUT2D eigenvalue weighted by atomic mass is 9.87. The first-order chi connectivity index (χ1) is 33.6. The van der Waals surface area contributed by atoms with Crippen molar-refractivity contribution in [2.24, 2.45) is 9.98 Å². The van der Waals surface area contributed by atoms with E-state index in [-0.39, 0.29) is 41.8 Å². The molecule has 0 saturated carbocycles. The molecule has 6 aromatic carbocycles. The van der Waals surface area contributed by atoms with Gasteiger partial charge in [0, 0.05) is 23.1 Å². The molecule has 2 aliphatic carbocycles. The Morgan fingerprint density at radius 3 is 1.27 bits per heavy atom. The van der Waals surface area contributed by atoms with Gasteiger partial charge in [-0.15, -0.1) is 0 Å². The first kappa shape index (κ1) is 48.1. The van der Waals surface area contributed by atoms with Crippen molar-refractivity contribution in [3.63, 3.8) is 0 Å². The highest BCUT2D eigenvalue weighted by Crippen LogP contribution is 2.51. The van der Waals surface area contributed by atoms with Crippen LogP contribution in [0, 0.1) is 22.8 Å². The first-order valence-corrected chi connectivity index (χ1v) is 21.7. The molecule has 0 aromatic heterocycles. The van der Waals surface area contributed by atoms with Crippen molar-refractivity contribution >= 4 is 22.6 Å². The van der Waals surface area contributed by atoms with Crippen LogP contribution in [-0.4, -0.2) is 11.4 Å². The average molecular weight is 977 g/mol. The van der Waals surface area contributed by atoms with E-state index in [0.717, 1.165) is 54.1 Å². The number of fused-ring (bicyclic) bond motifs is 5. The number of hydrogen-bond acceptors (Lipinski definition) is 4. The fourth-order valence-corrected chi connectivity index (χ4v) is 9.30. The Morgan fingerprint density at radius 1 is 0.507 bits per heavy atom. The molecule has 356 valence electrons. The summed E-state index contributed by atoms with van der Waals surface area (Å²) in [6, 6.07) is 26.0. The number of rotatable bonds is 6. The van der Waals surface area contributed by atoms with Crippen LogP contribution in [0.3, 0.4) is 0 Å². The highest BCUT2D eigenvalue weighted by Gasteiger charge is 2.38. The Kier molecular flexibility index (Phi) is 12.0. The number of nitrogens with zero attached hydrogens (tertiary/aromatic N) is 4. The normalized spacial score (nSPS) is 17.7. The molecule has 3 aliphatic rings. The van der Waals surface area contributed by atoms with Crippen LogP contribution in [0.1, 0.15) is 77.1 Å². The molecule has 1 aliphatic heterocycles. The number of hydrogen-bond donors (Lipinski definition) is 0. The molecule has 1 heterocycles. The quantitative estimate of drug-likeness (QED) is 0.0947. The van der Waals surface area contributed by atoms with Gasteiger partial charge in [-0.2, -0.15) is 68.2 Å². The highest BCUT2D eigenvalue weighted by atomic mass is 19.4. The van der Waals surface area contributed by atoms with Gasteiger partial charge in [-0.25, -0.2) is 4.99 Å². The summed E-state index contributed by atoms with van der Waals surface area (Å²) in [5.74, 6) is 0. The molecule has 0 unspecified atom stereocenters. The summed E-state index contributed by atoms with van der Waals surface area (Å²) in [7, 11) is 0. The molecule has 6 aromatic rings. The number of allylic oxidation sites excluding steroid dienone is 6. The lowest BCUT2D eigenvalue weighted by Crippen LogP contribution is -2.08. The minimum absolute atomic E-state index is 0.0869. The minimum Gasteiger partial charge on any atom is -0.245 e. The van der Waals surface area contributed by atoms with Crippen molar-refractivity contribution in [3.05, 3.63) is 189 Å². The van der Waals surface area contributed by atoms with Gasteiger partial charge in [0.2, 0.25) is 6.19 Å². The van der Waals surface area contributed by atoms with E-state index in [0.29, 0.717) is 84.5 Å². The van der Waals surface area contributed by atoms with Crippen molar-refractivity contribution in [1.82, 2.24) is 0 Å². The molecule has 0 saturated heterocycles. The molecule has 16 heteroatoms. The van der Waals surface area contributed by atoms with Gasteiger partial charge in [-0.1, -0.05) is 60.2 Å². The van der Waals surface area contributed by atoms with E-state index in [2.05, 4.69) is 11.1 Å². The van der Waals surface area contributed by atoms with Crippen LogP contribution in [0.5, 0.6) is 0 Å². The number of unbranched alkanes of at least 4 members (excludes halogenated alkanes) is 1.